The van der Waals surface area contributed by atoms with Crippen molar-refractivity contribution in [2.75, 3.05) is 5.73 Å². The van der Waals surface area contributed by atoms with Crippen molar-refractivity contribution in [1.29, 1.82) is 0 Å². The van der Waals surface area contributed by atoms with E-state index in [-0.39, 0.29) is 40.0 Å². The van der Waals surface area contributed by atoms with Crippen molar-refractivity contribution in [3.8, 4) is 28.1 Å². The van der Waals surface area contributed by atoms with Gasteiger partial charge in [0.25, 0.3) is 0 Å². The number of hydrogen-bond donors (Lipinski definition) is 1. The highest BCUT2D eigenvalue weighted by Crippen LogP contribution is 2.37. The Morgan fingerprint density at radius 1 is 0.902 bits per heavy atom. The first-order valence-corrected chi connectivity index (χ1v) is 13.0. The fraction of sp³-hybridized carbons (Fsp3) is 0.161. The lowest BCUT2D eigenvalue weighted by atomic mass is 9.99. The van der Waals surface area contributed by atoms with Crippen LogP contribution in [-0.2, 0) is 0 Å². The quantitative estimate of drug-likeness (QED) is 0.250. The van der Waals surface area contributed by atoms with E-state index in [1.165, 1.54) is 30.6 Å². The Labute approximate surface area is 233 Å². The van der Waals surface area contributed by atoms with Crippen LogP contribution in [0.25, 0.3) is 44.4 Å². The Kier molecular flexibility index (Phi) is 6.45. The molecule has 3 aromatic carbocycles. The van der Waals surface area contributed by atoms with Crippen molar-refractivity contribution in [3.63, 3.8) is 0 Å². The van der Waals surface area contributed by atoms with Crippen LogP contribution < -0.4 is 15.9 Å². The predicted molar refractivity (Wildman–Crippen MR) is 153 cm³/mol. The molecule has 0 aliphatic rings. The second-order valence-corrected chi connectivity index (χ2v) is 9.89. The van der Waals surface area contributed by atoms with E-state index in [9.17, 15) is 13.6 Å². The van der Waals surface area contributed by atoms with Crippen LogP contribution in [0, 0.1) is 11.6 Å². The Morgan fingerprint density at radius 2 is 1.68 bits per heavy atom. The van der Waals surface area contributed by atoms with Crippen LogP contribution in [0.2, 0.25) is 0 Å². The zero-order valence-electron chi connectivity index (χ0n) is 22.4. The Balaban J connectivity index is 1.59. The molecule has 3 aromatic heterocycles. The average molecular weight is 554 g/mol. The van der Waals surface area contributed by atoms with Gasteiger partial charge in [-0.1, -0.05) is 36.4 Å². The largest absolute Gasteiger partial charge is 0.488 e. The average Bonchev–Trinajstić information content (AvgIpc) is 3.35. The molecule has 8 nitrogen and oxygen atoms in total. The fourth-order valence-electron chi connectivity index (χ4n) is 4.96. The Hall–Kier alpha value is -5.12. The minimum absolute atomic E-state index is 0.102. The van der Waals surface area contributed by atoms with E-state index in [2.05, 4.69) is 9.97 Å². The predicted octanol–water partition coefficient (Wildman–Crippen LogP) is 6.52. The van der Waals surface area contributed by atoms with Gasteiger partial charge in [0.15, 0.2) is 17.2 Å². The van der Waals surface area contributed by atoms with E-state index in [4.69, 9.17) is 20.0 Å². The van der Waals surface area contributed by atoms with E-state index in [0.29, 0.717) is 27.9 Å². The van der Waals surface area contributed by atoms with E-state index < -0.39 is 23.1 Å². The van der Waals surface area contributed by atoms with Gasteiger partial charge in [0.1, 0.15) is 46.4 Å². The molecule has 0 bridgehead atoms. The first-order valence-electron chi connectivity index (χ1n) is 13.0. The van der Waals surface area contributed by atoms with E-state index >= 15 is 0 Å². The van der Waals surface area contributed by atoms with Gasteiger partial charge in [-0.25, -0.2) is 23.4 Å². The topological polar surface area (TPSA) is 109 Å². The number of halogens is 2. The zero-order chi connectivity index (χ0) is 28.8. The smallest absolute Gasteiger partial charge is 0.203 e. The van der Waals surface area contributed by atoms with Crippen LogP contribution in [0.15, 0.2) is 82.3 Å². The lowest BCUT2D eigenvalue weighted by Crippen LogP contribution is -2.17. The minimum atomic E-state index is -0.718. The summed E-state index contributed by atoms with van der Waals surface area (Å²) in [7, 11) is 0. The highest BCUT2D eigenvalue weighted by atomic mass is 19.1. The van der Waals surface area contributed by atoms with E-state index in [1.54, 1.807) is 48.0 Å². The number of hydrogen-bond acceptors (Lipinski definition) is 7. The normalized spacial score (nSPS) is 12.3. The van der Waals surface area contributed by atoms with Crippen LogP contribution in [-0.4, -0.2) is 25.9 Å². The molecule has 0 fully saturated rings. The van der Waals surface area contributed by atoms with Gasteiger partial charge in [-0.05, 0) is 56.7 Å². The molecule has 206 valence electrons. The molecule has 10 heteroatoms. The molecule has 0 aliphatic carbocycles. The molecule has 6 rings (SSSR count). The molecule has 2 N–H and O–H groups in total. The summed E-state index contributed by atoms with van der Waals surface area (Å²) in [6.45, 7) is 5.40. The van der Waals surface area contributed by atoms with Crippen LogP contribution in [0.3, 0.4) is 0 Å². The van der Waals surface area contributed by atoms with Crippen molar-refractivity contribution < 1.29 is 17.9 Å². The molecule has 1 unspecified atom stereocenters. The minimum Gasteiger partial charge on any atom is -0.488 e. The third-order valence-corrected chi connectivity index (χ3v) is 6.79. The van der Waals surface area contributed by atoms with Gasteiger partial charge < -0.3 is 14.9 Å². The third-order valence-electron chi connectivity index (χ3n) is 6.79. The van der Waals surface area contributed by atoms with Gasteiger partial charge in [-0.3, -0.25) is 4.79 Å². The van der Waals surface area contributed by atoms with Crippen molar-refractivity contribution >= 4 is 27.8 Å². The second kappa shape index (κ2) is 10.1. The van der Waals surface area contributed by atoms with Crippen molar-refractivity contribution in [2.45, 2.75) is 32.9 Å². The summed E-state index contributed by atoms with van der Waals surface area (Å²) < 4.78 is 43.1. The summed E-state index contributed by atoms with van der Waals surface area (Å²) in [5, 5.41) is 5.05. The summed E-state index contributed by atoms with van der Waals surface area (Å²) in [4.78, 5) is 22.3. The molecule has 0 aliphatic heterocycles. The summed E-state index contributed by atoms with van der Waals surface area (Å²) in [6.07, 6.45) is 1.10. The van der Waals surface area contributed by atoms with Gasteiger partial charge in [0, 0.05) is 5.56 Å². The standard InChI is InChI=1S/C31H25F2N5O3/c1-16(2)40-22-13-12-19(14-21(22)33)27-26-30(34)35-15-36-31(26)38(37-27)17(3)29-24(18-8-5-4-6-9-18)28(39)25-20(32)10-7-11-23(25)41-29/h4-17H,1-3H3,(H2,34,35,36). The molecule has 0 spiro atoms. The first-order chi connectivity index (χ1) is 19.7. The number of fused-ring (bicyclic) bond motifs is 2. The Bertz CT molecular complexity index is 1990. The fourth-order valence-corrected chi connectivity index (χ4v) is 4.96. The van der Waals surface area contributed by atoms with Crippen LogP contribution in [0.1, 0.15) is 32.6 Å². The molecular formula is C31H25F2N5O3. The number of nitrogens with zero attached hydrogens (tertiary/aromatic N) is 4. The van der Waals surface area contributed by atoms with Crippen molar-refractivity contribution in [2.24, 2.45) is 0 Å². The maximum Gasteiger partial charge on any atom is 0.203 e. The number of ether oxygens (including phenoxy) is 1. The van der Waals surface area contributed by atoms with Crippen LogP contribution >= 0.6 is 0 Å². The third kappa shape index (κ3) is 4.47. The molecule has 0 amide bonds. The molecular weight excluding hydrogens is 528 g/mol. The molecule has 41 heavy (non-hydrogen) atoms. The lowest BCUT2D eigenvalue weighted by Gasteiger charge is -2.17. The number of anilines is 1. The highest BCUT2D eigenvalue weighted by Gasteiger charge is 2.28. The molecule has 0 radical (unpaired) electrons. The lowest BCUT2D eigenvalue weighted by molar-refractivity contribution is 0.231. The second-order valence-electron chi connectivity index (χ2n) is 9.89. The maximum absolute atomic E-state index is 15.0. The van der Waals surface area contributed by atoms with Gasteiger partial charge in [-0.2, -0.15) is 5.10 Å². The monoisotopic (exact) mass is 553 g/mol. The molecule has 0 saturated carbocycles. The number of nitrogen functional groups attached to an aromatic ring is 1. The van der Waals surface area contributed by atoms with Gasteiger partial charge in [-0.15, -0.1) is 0 Å². The van der Waals surface area contributed by atoms with Crippen LogP contribution in [0.5, 0.6) is 5.75 Å². The molecule has 6 aromatic rings. The van der Waals surface area contributed by atoms with Gasteiger partial charge >= 0.3 is 0 Å². The summed E-state index contributed by atoms with van der Waals surface area (Å²) in [5.74, 6) is -0.720. The SMILES string of the molecule is CC(C)Oc1ccc(-c2nn(C(C)c3oc4cccc(F)c4c(=O)c3-c3ccccc3)c3ncnc(N)c23)cc1F. The maximum atomic E-state index is 15.0. The first kappa shape index (κ1) is 26.1. The number of nitrogens with two attached hydrogens (primary N) is 1. The molecule has 1 atom stereocenters. The number of aromatic nitrogens is 4. The number of benzene rings is 3. The molecule has 0 saturated heterocycles. The Morgan fingerprint density at radius 3 is 2.41 bits per heavy atom. The van der Waals surface area contributed by atoms with Gasteiger partial charge in [0.2, 0.25) is 5.43 Å². The highest BCUT2D eigenvalue weighted by molar-refractivity contribution is 5.98. The van der Waals surface area contributed by atoms with Crippen LogP contribution in [0.4, 0.5) is 14.6 Å². The summed E-state index contributed by atoms with van der Waals surface area (Å²) >= 11 is 0. The summed E-state index contributed by atoms with van der Waals surface area (Å²) in [6, 6.07) is 16.9. The van der Waals surface area contributed by atoms with E-state index in [0.717, 1.165) is 0 Å². The molecule has 3 heterocycles. The van der Waals surface area contributed by atoms with E-state index in [1.807, 2.05) is 19.9 Å². The number of rotatable bonds is 6. The zero-order valence-corrected chi connectivity index (χ0v) is 22.4. The van der Waals surface area contributed by atoms with Crippen molar-refractivity contribution in [1.82, 2.24) is 19.7 Å². The van der Waals surface area contributed by atoms with Gasteiger partial charge in [0.05, 0.1) is 17.1 Å². The van der Waals surface area contributed by atoms with Crippen molar-refractivity contribution in [3.05, 3.63) is 101 Å². The summed E-state index contributed by atoms with van der Waals surface area (Å²) in [5.41, 5.74) is 7.75.